The first kappa shape index (κ1) is 23.3. The van der Waals surface area contributed by atoms with E-state index in [1.54, 1.807) is 32.4 Å². The fraction of sp³-hybridized carbons (Fsp3) is 0.375. The molecule has 1 aliphatic heterocycles. The maximum absolute atomic E-state index is 13.0. The summed E-state index contributed by atoms with van der Waals surface area (Å²) in [6.07, 6.45) is 0. The number of morpholine rings is 1. The lowest BCUT2D eigenvalue weighted by Gasteiger charge is -2.26. The molecule has 1 aliphatic rings. The average molecular weight is 469 g/mol. The number of amides is 1. The first-order chi connectivity index (χ1) is 16.1. The highest BCUT2D eigenvalue weighted by atomic mass is 32.2. The molecule has 0 saturated carbocycles. The molecule has 2 aromatic carbocycles. The van der Waals surface area contributed by atoms with Crippen LogP contribution >= 0.6 is 11.8 Å². The Labute approximate surface area is 197 Å². The van der Waals surface area contributed by atoms with E-state index in [-0.39, 0.29) is 5.91 Å². The number of thioether (sulfide) groups is 1. The van der Waals surface area contributed by atoms with E-state index in [0.29, 0.717) is 23.7 Å². The summed E-state index contributed by atoms with van der Waals surface area (Å²) in [7, 11) is 3.15. The van der Waals surface area contributed by atoms with Crippen LogP contribution in [0.25, 0.3) is 10.9 Å². The van der Waals surface area contributed by atoms with Crippen LogP contribution in [0.4, 0.5) is 5.69 Å². The number of fused-ring (bicyclic) bond motifs is 1. The Hall–Kier alpha value is -2.88. The number of nitrogens with one attached hydrogen (secondary N) is 1. The first-order valence-corrected chi connectivity index (χ1v) is 11.7. The molecular weight excluding hydrogens is 440 g/mol. The number of nitrogens with zero attached hydrogens (tertiary/aromatic N) is 3. The second kappa shape index (κ2) is 10.8. The standard InChI is InChI=1S/C24H28N4O4S/c1-16(23(29)26-20-14-17(30-2)8-9-21(20)31-3)33-24-18-6-4-5-7-19(18)25-22(27-24)15-28-10-12-32-13-11-28/h4-9,14,16H,10-13,15H2,1-3H3,(H,26,29). The summed E-state index contributed by atoms with van der Waals surface area (Å²) in [5.41, 5.74) is 1.44. The van der Waals surface area contributed by atoms with E-state index in [4.69, 9.17) is 24.2 Å². The third-order valence-electron chi connectivity index (χ3n) is 5.41. The Kier molecular flexibility index (Phi) is 7.64. The third kappa shape index (κ3) is 5.73. The molecule has 1 amide bonds. The zero-order valence-corrected chi connectivity index (χ0v) is 19.9. The quantitative estimate of drug-likeness (QED) is 0.397. The zero-order valence-electron chi connectivity index (χ0n) is 19.0. The van der Waals surface area contributed by atoms with Crippen molar-refractivity contribution < 1.29 is 19.0 Å². The van der Waals surface area contributed by atoms with E-state index in [1.165, 1.54) is 11.8 Å². The van der Waals surface area contributed by atoms with Gasteiger partial charge < -0.3 is 19.5 Å². The van der Waals surface area contributed by atoms with Gasteiger partial charge in [0.05, 0.1) is 50.4 Å². The zero-order chi connectivity index (χ0) is 23.2. The van der Waals surface area contributed by atoms with E-state index in [1.807, 2.05) is 31.2 Å². The van der Waals surface area contributed by atoms with Gasteiger partial charge in [0.2, 0.25) is 5.91 Å². The topological polar surface area (TPSA) is 85.8 Å². The number of hydrogen-bond donors (Lipinski definition) is 1. The van der Waals surface area contributed by atoms with Gasteiger partial charge in [-0.15, -0.1) is 0 Å². The molecule has 8 nitrogen and oxygen atoms in total. The Morgan fingerprint density at radius 3 is 2.70 bits per heavy atom. The van der Waals surface area contributed by atoms with Crippen molar-refractivity contribution in [3.05, 3.63) is 48.3 Å². The van der Waals surface area contributed by atoms with Gasteiger partial charge in [-0.2, -0.15) is 0 Å². The number of benzene rings is 2. The minimum atomic E-state index is -0.393. The minimum Gasteiger partial charge on any atom is -0.497 e. The monoisotopic (exact) mass is 468 g/mol. The Bertz CT molecular complexity index is 1120. The van der Waals surface area contributed by atoms with Gasteiger partial charge >= 0.3 is 0 Å². The van der Waals surface area contributed by atoms with Crippen LogP contribution < -0.4 is 14.8 Å². The highest BCUT2D eigenvalue weighted by Gasteiger charge is 2.20. The second-order valence-corrected chi connectivity index (χ2v) is 9.00. The van der Waals surface area contributed by atoms with E-state index < -0.39 is 5.25 Å². The predicted octanol–water partition coefficient (Wildman–Crippen LogP) is 3.60. The van der Waals surface area contributed by atoms with Gasteiger partial charge in [-0.25, -0.2) is 9.97 Å². The van der Waals surface area contributed by atoms with Crippen molar-refractivity contribution in [1.82, 2.24) is 14.9 Å². The summed E-state index contributed by atoms with van der Waals surface area (Å²) in [4.78, 5) is 24.9. The summed E-state index contributed by atoms with van der Waals surface area (Å²) in [5.74, 6) is 1.81. The van der Waals surface area contributed by atoms with Gasteiger partial charge in [-0.3, -0.25) is 9.69 Å². The lowest BCUT2D eigenvalue weighted by molar-refractivity contribution is -0.115. The first-order valence-electron chi connectivity index (χ1n) is 10.8. The molecule has 0 radical (unpaired) electrons. The number of rotatable bonds is 8. The summed E-state index contributed by atoms with van der Waals surface area (Å²) in [6, 6.07) is 13.2. The van der Waals surface area contributed by atoms with Crippen molar-refractivity contribution in [2.75, 3.05) is 45.8 Å². The molecular formula is C24H28N4O4S. The fourth-order valence-electron chi connectivity index (χ4n) is 3.58. The summed E-state index contributed by atoms with van der Waals surface area (Å²) in [6.45, 7) is 5.69. The van der Waals surface area contributed by atoms with Crippen molar-refractivity contribution in [2.24, 2.45) is 0 Å². The van der Waals surface area contributed by atoms with Gasteiger partial charge in [0.1, 0.15) is 22.3 Å². The van der Waals surface area contributed by atoms with Gasteiger partial charge in [-0.05, 0) is 25.1 Å². The van der Waals surface area contributed by atoms with Crippen LogP contribution in [0.15, 0.2) is 47.5 Å². The van der Waals surface area contributed by atoms with Crippen LogP contribution in [-0.2, 0) is 16.1 Å². The minimum absolute atomic E-state index is 0.149. The molecule has 1 N–H and O–H groups in total. The summed E-state index contributed by atoms with van der Waals surface area (Å²) in [5, 5.41) is 4.29. The lowest BCUT2D eigenvalue weighted by atomic mass is 10.2. The normalized spacial score (nSPS) is 15.2. The maximum atomic E-state index is 13.0. The molecule has 33 heavy (non-hydrogen) atoms. The Morgan fingerprint density at radius 1 is 1.15 bits per heavy atom. The second-order valence-electron chi connectivity index (χ2n) is 7.67. The van der Waals surface area contributed by atoms with Crippen LogP contribution in [0.1, 0.15) is 12.7 Å². The van der Waals surface area contributed by atoms with Gasteiger partial charge in [0.15, 0.2) is 0 Å². The number of para-hydroxylation sites is 1. The lowest BCUT2D eigenvalue weighted by Crippen LogP contribution is -2.36. The van der Waals surface area contributed by atoms with Gasteiger partial charge in [-0.1, -0.05) is 30.0 Å². The largest absolute Gasteiger partial charge is 0.497 e. The summed E-state index contributed by atoms with van der Waals surface area (Å²) < 4.78 is 16.1. The summed E-state index contributed by atoms with van der Waals surface area (Å²) >= 11 is 1.42. The average Bonchev–Trinajstić information content (AvgIpc) is 2.84. The van der Waals surface area contributed by atoms with Crippen molar-refractivity contribution in [1.29, 1.82) is 0 Å². The van der Waals surface area contributed by atoms with Crippen LogP contribution in [-0.4, -0.2) is 66.5 Å². The van der Waals surface area contributed by atoms with E-state index in [0.717, 1.165) is 48.1 Å². The fourth-order valence-corrected chi connectivity index (χ4v) is 4.54. The van der Waals surface area contributed by atoms with E-state index in [9.17, 15) is 4.79 Å². The third-order valence-corrected chi connectivity index (χ3v) is 6.51. The molecule has 1 saturated heterocycles. The van der Waals surface area contributed by atoms with Crippen molar-refractivity contribution in [2.45, 2.75) is 23.7 Å². The molecule has 9 heteroatoms. The van der Waals surface area contributed by atoms with E-state index in [2.05, 4.69) is 10.2 Å². The highest BCUT2D eigenvalue weighted by molar-refractivity contribution is 8.00. The molecule has 3 aromatic rings. The van der Waals surface area contributed by atoms with Crippen LogP contribution in [0.3, 0.4) is 0 Å². The number of ether oxygens (including phenoxy) is 3. The molecule has 174 valence electrons. The molecule has 1 fully saturated rings. The molecule has 0 aliphatic carbocycles. The van der Waals surface area contributed by atoms with Crippen molar-refractivity contribution >= 4 is 34.3 Å². The van der Waals surface area contributed by atoms with E-state index >= 15 is 0 Å². The van der Waals surface area contributed by atoms with Crippen LogP contribution in [0.5, 0.6) is 11.5 Å². The predicted molar refractivity (Wildman–Crippen MR) is 129 cm³/mol. The molecule has 1 atom stereocenters. The van der Waals surface area contributed by atoms with Gasteiger partial charge in [0, 0.05) is 24.5 Å². The van der Waals surface area contributed by atoms with Crippen molar-refractivity contribution in [3.8, 4) is 11.5 Å². The Morgan fingerprint density at radius 2 is 1.94 bits per heavy atom. The number of hydrogen-bond acceptors (Lipinski definition) is 8. The number of aromatic nitrogens is 2. The SMILES string of the molecule is COc1ccc(OC)c(NC(=O)C(C)Sc2nc(CN3CCOCC3)nc3ccccc23)c1. The number of carbonyl (C=O) groups is 1. The van der Waals surface area contributed by atoms with Gasteiger partial charge in [0.25, 0.3) is 0 Å². The molecule has 1 aromatic heterocycles. The molecule has 4 rings (SSSR count). The molecule has 2 heterocycles. The molecule has 0 bridgehead atoms. The highest BCUT2D eigenvalue weighted by Crippen LogP contribution is 2.32. The number of methoxy groups -OCH3 is 2. The smallest absolute Gasteiger partial charge is 0.237 e. The number of anilines is 1. The van der Waals surface area contributed by atoms with Crippen LogP contribution in [0, 0.1) is 0 Å². The van der Waals surface area contributed by atoms with Crippen LogP contribution in [0.2, 0.25) is 0 Å². The Balaban J connectivity index is 1.54. The molecule has 1 unspecified atom stereocenters. The molecule has 0 spiro atoms. The maximum Gasteiger partial charge on any atom is 0.237 e. The van der Waals surface area contributed by atoms with Crippen molar-refractivity contribution in [3.63, 3.8) is 0 Å². The number of carbonyl (C=O) groups excluding carboxylic acids is 1.